The molecular weight excluding hydrogens is 184 g/mol. The molecule has 0 bridgehead atoms. The molecule has 0 heterocycles. The number of hydrogen-bond acceptors (Lipinski definition) is 1. The van der Waals surface area contributed by atoms with Gasteiger partial charge in [-0.15, -0.1) is 0 Å². The number of nitriles is 1. The monoisotopic (exact) mass is 191 g/mol. The molecule has 0 atom stereocenters. The summed E-state index contributed by atoms with van der Waals surface area (Å²) in [6, 6.07) is 7.69. The van der Waals surface area contributed by atoms with Crippen LogP contribution >= 0.6 is 0 Å². The summed E-state index contributed by atoms with van der Waals surface area (Å²) >= 11 is 0. The number of alkyl halides is 2. The van der Waals surface area contributed by atoms with E-state index in [1.807, 2.05) is 6.07 Å². The SMILES string of the molecule is N#CCC#Cc1cccc(C(F)F)c1. The molecule has 1 aromatic rings. The number of rotatable bonds is 1. The van der Waals surface area contributed by atoms with Crippen molar-refractivity contribution in [3.05, 3.63) is 35.4 Å². The lowest BCUT2D eigenvalue weighted by Gasteiger charge is -1.98. The van der Waals surface area contributed by atoms with E-state index >= 15 is 0 Å². The molecular formula is C11H7F2N. The number of hydrogen-bond donors (Lipinski definition) is 0. The van der Waals surface area contributed by atoms with E-state index in [0.29, 0.717) is 5.56 Å². The van der Waals surface area contributed by atoms with Crippen molar-refractivity contribution in [2.75, 3.05) is 0 Å². The Morgan fingerprint density at radius 3 is 2.79 bits per heavy atom. The second-order valence-electron chi connectivity index (χ2n) is 2.56. The Balaban J connectivity index is 2.86. The first-order valence-electron chi connectivity index (χ1n) is 3.98. The molecule has 1 aromatic carbocycles. The first kappa shape index (κ1) is 10.2. The lowest BCUT2D eigenvalue weighted by atomic mass is 10.1. The molecule has 0 saturated heterocycles. The van der Waals surface area contributed by atoms with Gasteiger partial charge in [-0.1, -0.05) is 24.0 Å². The van der Waals surface area contributed by atoms with Crippen LogP contribution in [-0.2, 0) is 0 Å². The van der Waals surface area contributed by atoms with Gasteiger partial charge in [-0.05, 0) is 12.1 Å². The van der Waals surface area contributed by atoms with E-state index in [0.717, 1.165) is 0 Å². The average Bonchev–Trinajstić information content (AvgIpc) is 2.19. The summed E-state index contributed by atoms with van der Waals surface area (Å²) in [5, 5.41) is 8.21. The van der Waals surface area contributed by atoms with Crippen molar-refractivity contribution in [3.63, 3.8) is 0 Å². The zero-order valence-electron chi connectivity index (χ0n) is 7.30. The van der Waals surface area contributed by atoms with E-state index in [1.54, 1.807) is 6.07 Å². The molecule has 0 N–H and O–H groups in total. The van der Waals surface area contributed by atoms with Crippen LogP contribution in [0, 0.1) is 23.2 Å². The molecule has 0 aliphatic heterocycles. The number of benzene rings is 1. The quantitative estimate of drug-likeness (QED) is 0.626. The molecule has 0 aliphatic rings. The van der Waals surface area contributed by atoms with Crippen LogP contribution in [-0.4, -0.2) is 0 Å². The van der Waals surface area contributed by atoms with Crippen LogP contribution in [0.2, 0.25) is 0 Å². The van der Waals surface area contributed by atoms with Crippen molar-refractivity contribution in [1.29, 1.82) is 5.26 Å². The highest BCUT2D eigenvalue weighted by Gasteiger charge is 2.05. The van der Waals surface area contributed by atoms with E-state index in [1.165, 1.54) is 18.2 Å². The Hall–Kier alpha value is -1.87. The maximum absolute atomic E-state index is 12.2. The van der Waals surface area contributed by atoms with E-state index in [2.05, 4.69) is 11.8 Å². The summed E-state index contributed by atoms with van der Waals surface area (Å²) in [5.41, 5.74) is 0.465. The highest BCUT2D eigenvalue weighted by atomic mass is 19.3. The first-order chi connectivity index (χ1) is 6.74. The molecule has 1 nitrogen and oxygen atoms in total. The van der Waals surface area contributed by atoms with E-state index in [-0.39, 0.29) is 12.0 Å². The van der Waals surface area contributed by atoms with Crippen LogP contribution in [0.4, 0.5) is 8.78 Å². The first-order valence-corrected chi connectivity index (χ1v) is 3.98. The fraction of sp³-hybridized carbons (Fsp3) is 0.182. The lowest BCUT2D eigenvalue weighted by Crippen LogP contribution is -1.84. The maximum atomic E-state index is 12.2. The zero-order chi connectivity index (χ0) is 10.4. The van der Waals surface area contributed by atoms with Gasteiger partial charge in [-0.2, -0.15) is 5.26 Å². The van der Waals surface area contributed by atoms with Gasteiger partial charge in [-0.25, -0.2) is 8.78 Å². The highest BCUT2D eigenvalue weighted by Crippen LogP contribution is 2.18. The summed E-state index contributed by atoms with van der Waals surface area (Å²) in [6.45, 7) is 0. The van der Waals surface area contributed by atoms with Crippen LogP contribution in [0.25, 0.3) is 0 Å². The van der Waals surface area contributed by atoms with E-state index in [4.69, 9.17) is 5.26 Å². The van der Waals surface area contributed by atoms with Gasteiger partial charge >= 0.3 is 0 Å². The molecule has 0 spiro atoms. The van der Waals surface area contributed by atoms with Gasteiger partial charge in [0.1, 0.15) is 0 Å². The molecule has 0 aromatic heterocycles. The third kappa shape index (κ3) is 2.88. The van der Waals surface area contributed by atoms with Crippen molar-refractivity contribution >= 4 is 0 Å². The summed E-state index contributed by atoms with van der Waals surface area (Å²) in [6.07, 6.45) is -2.37. The van der Waals surface area contributed by atoms with Crippen LogP contribution in [0.15, 0.2) is 24.3 Å². The third-order valence-electron chi connectivity index (χ3n) is 1.54. The van der Waals surface area contributed by atoms with Gasteiger partial charge in [0.25, 0.3) is 6.43 Å². The van der Waals surface area contributed by atoms with Crippen LogP contribution in [0.1, 0.15) is 24.0 Å². The summed E-state index contributed by atoms with van der Waals surface area (Å²) in [4.78, 5) is 0. The Kier molecular flexibility index (Phi) is 3.64. The summed E-state index contributed by atoms with van der Waals surface area (Å²) in [5.74, 6) is 5.20. The normalized spacial score (nSPS) is 9.00. The van der Waals surface area contributed by atoms with E-state index < -0.39 is 6.43 Å². The predicted octanol–water partition coefficient (Wildman–Crippen LogP) is 2.89. The molecule has 0 fully saturated rings. The standard InChI is InChI=1S/C11H7F2N/c12-11(13)10-6-3-5-9(8-10)4-1-2-7-14/h3,5-6,8,11H,2H2. The molecule has 0 amide bonds. The van der Waals surface area contributed by atoms with Gasteiger partial charge in [0.15, 0.2) is 0 Å². The number of halogens is 2. The molecule has 0 saturated carbocycles. The molecule has 0 unspecified atom stereocenters. The second-order valence-corrected chi connectivity index (χ2v) is 2.56. The molecule has 1 rings (SSSR count). The maximum Gasteiger partial charge on any atom is 0.263 e. The Morgan fingerprint density at radius 1 is 1.36 bits per heavy atom. The van der Waals surface area contributed by atoms with Crippen molar-refractivity contribution in [3.8, 4) is 17.9 Å². The highest BCUT2D eigenvalue weighted by molar-refractivity contribution is 5.37. The zero-order valence-corrected chi connectivity index (χ0v) is 7.30. The van der Waals surface area contributed by atoms with Crippen LogP contribution in [0.3, 0.4) is 0 Å². The van der Waals surface area contributed by atoms with Gasteiger partial charge in [-0.3, -0.25) is 0 Å². The lowest BCUT2D eigenvalue weighted by molar-refractivity contribution is 0.151. The second kappa shape index (κ2) is 4.99. The smallest absolute Gasteiger partial charge is 0.205 e. The fourth-order valence-electron chi connectivity index (χ4n) is 0.938. The number of nitrogens with zero attached hydrogens (tertiary/aromatic N) is 1. The largest absolute Gasteiger partial charge is 0.263 e. The molecule has 70 valence electrons. The van der Waals surface area contributed by atoms with Crippen LogP contribution in [0.5, 0.6) is 0 Å². The Bertz CT molecular complexity index is 407. The van der Waals surface area contributed by atoms with Crippen molar-refractivity contribution in [2.45, 2.75) is 12.8 Å². The van der Waals surface area contributed by atoms with Crippen molar-refractivity contribution in [2.24, 2.45) is 0 Å². The van der Waals surface area contributed by atoms with Crippen molar-refractivity contribution in [1.82, 2.24) is 0 Å². The van der Waals surface area contributed by atoms with Crippen LogP contribution < -0.4 is 0 Å². The molecule has 14 heavy (non-hydrogen) atoms. The third-order valence-corrected chi connectivity index (χ3v) is 1.54. The molecule has 0 radical (unpaired) electrons. The molecule has 3 heteroatoms. The van der Waals surface area contributed by atoms with Gasteiger partial charge in [0.05, 0.1) is 12.5 Å². The fourth-order valence-corrected chi connectivity index (χ4v) is 0.938. The average molecular weight is 191 g/mol. The summed E-state index contributed by atoms with van der Waals surface area (Å²) < 4.78 is 24.5. The minimum atomic E-state index is -2.48. The minimum Gasteiger partial charge on any atom is -0.205 e. The summed E-state index contributed by atoms with van der Waals surface area (Å²) in [7, 11) is 0. The van der Waals surface area contributed by atoms with Gasteiger partial charge in [0, 0.05) is 11.1 Å². The predicted molar refractivity (Wildman–Crippen MR) is 48.5 cm³/mol. The van der Waals surface area contributed by atoms with E-state index in [9.17, 15) is 8.78 Å². The Labute approximate surface area is 81.0 Å². The topological polar surface area (TPSA) is 23.8 Å². The van der Waals surface area contributed by atoms with Gasteiger partial charge < -0.3 is 0 Å². The van der Waals surface area contributed by atoms with Crippen molar-refractivity contribution < 1.29 is 8.78 Å². The van der Waals surface area contributed by atoms with Gasteiger partial charge in [0.2, 0.25) is 0 Å². The molecule has 0 aliphatic carbocycles. The Morgan fingerprint density at radius 2 is 2.14 bits per heavy atom. The minimum absolute atomic E-state index is 0.0474.